The predicted molar refractivity (Wildman–Crippen MR) is 292 cm³/mol. The number of fused-ring (bicyclic) bond motifs is 3. The molecule has 5 nitrogen and oxygen atoms in total. The van der Waals surface area contributed by atoms with Gasteiger partial charge in [0.25, 0.3) is 0 Å². The summed E-state index contributed by atoms with van der Waals surface area (Å²) in [5.41, 5.74) is 19.8. The van der Waals surface area contributed by atoms with E-state index in [0.29, 0.717) is 16.7 Å². The second kappa shape index (κ2) is 21.1. The van der Waals surface area contributed by atoms with E-state index in [0.717, 1.165) is 104 Å². The van der Waals surface area contributed by atoms with Gasteiger partial charge in [-0.15, -0.1) is 94.5 Å². The van der Waals surface area contributed by atoms with Crippen LogP contribution in [-0.2, 0) is 45.8 Å². The SMILES string of the molecule is [2H]C([2H])([2H])c1ccc2c(n1)oc1cc(-c3[c-]cc(-c4ccccc4-c4cc(CCc5c[c-]c(-c6ccccn6)cc5)cc(CCc5c[c-]c(-c6ccccn6)cc5)c4)c(-c4ccc(-c5ccccc5)cc4)c3)ncc12.[Ir+3]. The molecule has 350 valence electrons. The van der Waals surface area contributed by atoms with Crippen LogP contribution in [0.15, 0.2) is 223 Å². The quantitative estimate of drug-likeness (QED) is 0.108. The topological polar surface area (TPSA) is 64.7 Å². The Kier molecular flexibility index (Phi) is 12.6. The number of benzene rings is 7. The maximum Gasteiger partial charge on any atom is 3.00 e. The first-order chi connectivity index (χ1) is 36.8. The van der Waals surface area contributed by atoms with E-state index < -0.39 is 6.85 Å². The van der Waals surface area contributed by atoms with Gasteiger partial charge < -0.3 is 19.4 Å². The Morgan fingerprint density at radius 1 is 0.425 bits per heavy atom. The van der Waals surface area contributed by atoms with Gasteiger partial charge in [-0.3, -0.25) is 0 Å². The van der Waals surface area contributed by atoms with Gasteiger partial charge in [0.2, 0.25) is 5.71 Å². The first-order valence-electron chi connectivity index (χ1n) is 25.7. The minimum Gasteiger partial charge on any atom is -0.438 e. The summed E-state index contributed by atoms with van der Waals surface area (Å²) in [6.45, 7) is -2.35. The fourth-order valence-corrected chi connectivity index (χ4v) is 9.61. The molecule has 12 aromatic rings. The molecule has 5 aromatic heterocycles. The molecule has 73 heavy (non-hydrogen) atoms. The van der Waals surface area contributed by atoms with Gasteiger partial charge in [0.1, 0.15) is 5.58 Å². The molecular weight excluding hydrogens is 1070 g/mol. The van der Waals surface area contributed by atoms with E-state index in [1.807, 2.05) is 60.9 Å². The molecule has 7 aromatic carbocycles. The van der Waals surface area contributed by atoms with Gasteiger partial charge in [-0.05, 0) is 106 Å². The smallest absolute Gasteiger partial charge is 0.438 e. The zero-order valence-corrected chi connectivity index (χ0v) is 42.0. The van der Waals surface area contributed by atoms with Gasteiger partial charge in [-0.2, -0.15) is 0 Å². The first kappa shape index (κ1) is 43.4. The van der Waals surface area contributed by atoms with Crippen LogP contribution in [0.25, 0.3) is 100 Å². The van der Waals surface area contributed by atoms with Crippen LogP contribution in [0.4, 0.5) is 0 Å². The number of furan rings is 1. The van der Waals surface area contributed by atoms with E-state index in [2.05, 4.69) is 173 Å². The third-order valence-electron chi connectivity index (χ3n) is 13.4. The van der Waals surface area contributed by atoms with E-state index in [1.54, 1.807) is 12.3 Å². The molecule has 0 N–H and O–H groups in total. The van der Waals surface area contributed by atoms with Gasteiger partial charge in [-0.25, -0.2) is 4.98 Å². The van der Waals surface area contributed by atoms with E-state index >= 15 is 0 Å². The molecule has 0 saturated heterocycles. The van der Waals surface area contributed by atoms with Crippen LogP contribution in [-0.4, -0.2) is 19.9 Å². The maximum absolute atomic E-state index is 7.89. The van der Waals surface area contributed by atoms with Crippen LogP contribution >= 0.6 is 0 Å². The van der Waals surface area contributed by atoms with Gasteiger partial charge in [0.15, 0.2) is 0 Å². The zero-order valence-electron chi connectivity index (χ0n) is 42.6. The monoisotopic (exact) mass is 1120 g/mol. The molecule has 0 aliphatic rings. The molecule has 0 radical (unpaired) electrons. The van der Waals surface area contributed by atoms with Crippen molar-refractivity contribution in [1.29, 1.82) is 0 Å². The number of aryl methyl sites for hydroxylation is 5. The molecule has 0 aliphatic carbocycles. The third-order valence-corrected chi connectivity index (χ3v) is 13.4. The molecule has 0 atom stereocenters. The molecule has 0 bridgehead atoms. The Labute approximate surface area is 443 Å². The number of hydrogen-bond donors (Lipinski definition) is 0. The van der Waals surface area contributed by atoms with Crippen LogP contribution < -0.4 is 0 Å². The molecular formula is C67H47IrN4O. The average Bonchev–Trinajstić information content (AvgIpc) is 3.89. The largest absolute Gasteiger partial charge is 3.00 e. The minimum atomic E-state index is -2.35. The van der Waals surface area contributed by atoms with Crippen LogP contribution in [0.5, 0.6) is 0 Å². The second-order valence-electron chi connectivity index (χ2n) is 18.1. The zero-order chi connectivity index (χ0) is 50.7. The van der Waals surface area contributed by atoms with Gasteiger partial charge >= 0.3 is 20.1 Å². The van der Waals surface area contributed by atoms with Crippen LogP contribution in [0.1, 0.15) is 32.1 Å². The van der Waals surface area contributed by atoms with Crippen molar-refractivity contribution >= 4 is 22.1 Å². The molecule has 0 unspecified atom stereocenters. The fraction of sp³-hybridized carbons (Fsp3) is 0.0746. The van der Waals surface area contributed by atoms with Crippen molar-refractivity contribution in [2.75, 3.05) is 0 Å². The summed E-state index contributed by atoms with van der Waals surface area (Å²) in [7, 11) is 0. The Hall–Kier alpha value is -8.41. The van der Waals surface area contributed by atoms with Gasteiger partial charge in [0.05, 0.1) is 0 Å². The van der Waals surface area contributed by atoms with Crippen molar-refractivity contribution < 1.29 is 28.6 Å². The Balaban J connectivity index is 0.00000616. The molecule has 0 amide bonds. The van der Waals surface area contributed by atoms with Crippen LogP contribution in [0.3, 0.4) is 0 Å². The Bertz CT molecular complexity index is 3850. The van der Waals surface area contributed by atoms with E-state index in [4.69, 9.17) is 13.5 Å². The summed E-state index contributed by atoms with van der Waals surface area (Å²) >= 11 is 0. The third kappa shape index (κ3) is 10.2. The van der Waals surface area contributed by atoms with Crippen molar-refractivity contribution in [2.45, 2.75) is 32.5 Å². The number of aromatic nitrogens is 4. The number of nitrogens with zero attached hydrogens (tertiary/aromatic N) is 4. The Morgan fingerprint density at radius 2 is 1.03 bits per heavy atom. The van der Waals surface area contributed by atoms with E-state index in [1.165, 1.54) is 28.3 Å². The minimum absolute atomic E-state index is 0. The molecule has 5 heterocycles. The summed E-state index contributed by atoms with van der Waals surface area (Å²) in [6, 6.07) is 79.6. The molecule has 0 aliphatic heterocycles. The van der Waals surface area contributed by atoms with Crippen molar-refractivity contribution in [3.63, 3.8) is 0 Å². The van der Waals surface area contributed by atoms with Crippen molar-refractivity contribution in [2.24, 2.45) is 0 Å². The summed E-state index contributed by atoms with van der Waals surface area (Å²) in [5.74, 6) is 0. The Morgan fingerprint density at radius 3 is 1.66 bits per heavy atom. The van der Waals surface area contributed by atoms with Crippen molar-refractivity contribution in [3.05, 3.63) is 265 Å². The second-order valence-corrected chi connectivity index (χ2v) is 18.1. The van der Waals surface area contributed by atoms with Crippen LogP contribution in [0.2, 0.25) is 0 Å². The normalized spacial score (nSPS) is 12.0. The summed E-state index contributed by atoms with van der Waals surface area (Å²) in [6.07, 6.45) is 8.83. The standard InChI is InChI=1S/C67H47N4O.Ir/c1-45-17-35-60-62-44-70-65(43-66(62)72-67(60)71-45)55-34-36-59(61(42-55)52-32-30-51(31-33-52)50-11-3-2-4-12-50)58-14-6-5-13-57(58)56-40-48(20-18-46-22-26-53(27-23-46)63-15-7-9-37-68-63)39-49(41-56)21-19-47-24-28-54(29-25-47)64-16-8-10-38-69-64;/h2-17,22-26,28,30-33,35-44H,18-21H2,1H3;/q-3;+3/i1D3;. The van der Waals surface area contributed by atoms with Gasteiger partial charge in [0, 0.05) is 39.2 Å². The number of rotatable bonds is 13. The van der Waals surface area contributed by atoms with E-state index in [-0.39, 0.29) is 31.5 Å². The fourth-order valence-electron chi connectivity index (χ4n) is 9.61. The van der Waals surface area contributed by atoms with Crippen molar-refractivity contribution in [3.8, 4) is 78.3 Å². The van der Waals surface area contributed by atoms with E-state index in [9.17, 15) is 0 Å². The molecule has 0 saturated carbocycles. The van der Waals surface area contributed by atoms with Gasteiger partial charge in [-0.1, -0.05) is 151 Å². The molecule has 6 heteroatoms. The number of pyridine rings is 4. The number of hydrogen-bond acceptors (Lipinski definition) is 5. The van der Waals surface area contributed by atoms with Crippen LogP contribution in [0, 0.1) is 25.1 Å². The summed E-state index contributed by atoms with van der Waals surface area (Å²) < 4.78 is 29.9. The van der Waals surface area contributed by atoms with Crippen molar-refractivity contribution in [1.82, 2.24) is 19.9 Å². The maximum atomic E-state index is 7.89. The first-order valence-corrected chi connectivity index (χ1v) is 24.2. The molecule has 0 spiro atoms. The average molecular weight is 1120 g/mol. The predicted octanol–water partition coefficient (Wildman–Crippen LogP) is 16.1. The summed E-state index contributed by atoms with van der Waals surface area (Å²) in [5, 5.41) is 1.47. The molecule has 12 rings (SSSR count). The molecule has 0 fully saturated rings. The summed E-state index contributed by atoms with van der Waals surface area (Å²) in [4.78, 5) is 18.3.